The van der Waals surface area contributed by atoms with Gasteiger partial charge in [0.1, 0.15) is 11.5 Å². The second-order valence-electron chi connectivity index (χ2n) is 4.82. The Morgan fingerprint density at radius 1 is 1.05 bits per heavy atom. The van der Waals surface area contributed by atoms with Crippen LogP contribution in [0.25, 0.3) is 0 Å². The summed E-state index contributed by atoms with van der Waals surface area (Å²) in [5, 5.41) is 0. The van der Waals surface area contributed by atoms with Gasteiger partial charge in [-0.15, -0.1) is 11.8 Å². The lowest BCUT2D eigenvalue weighted by atomic mass is 10.1. The molecule has 0 aliphatic rings. The summed E-state index contributed by atoms with van der Waals surface area (Å²) >= 11 is 1.77. The van der Waals surface area contributed by atoms with Crippen molar-refractivity contribution in [2.24, 2.45) is 5.73 Å². The molecule has 2 aromatic rings. The van der Waals surface area contributed by atoms with Crippen molar-refractivity contribution in [3.05, 3.63) is 53.6 Å². The summed E-state index contributed by atoms with van der Waals surface area (Å²) in [5.41, 5.74) is 8.24. The molecule has 1 atom stereocenters. The molecule has 1 unspecified atom stereocenters. The molecule has 0 saturated carbocycles. The first-order chi connectivity index (χ1) is 10.1. The predicted molar refractivity (Wildman–Crippen MR) is 88.2 cm³/mol. The summed E-state index contributed by atoms with van der Waals surface area (Å²) in [6, 6.07) is 14.2. The molecule has 2 aromatic carbocycles. The van der Waals surface area contributed by atoms with Crippen molar-refractivity contribution < 1.29 is 9.47 Å². The maximum absolute atomic E-state index is 5.95. The van der Waals surface area contributed by atoms with Crippen molar-refractivity contribution in [3.8, 4) is 11.5 Å². The molecule has 2 rings (SSSR count). The van der Waals surface area contributed by atoms with Gasteiger partial charge in [-0.05, 0) is 48.9 Å². The van der Waals surface area contributed by atoms with Crippen LogP contribution in [0.3, 0.4) is 0 Å². The molecule has 112 valence electrons. The van der Waals surface area contributed by atoms with Gasteiger partial charge in [0, 0.05) is 22.3 Å². The van der Waals surface area contributed by atoms with Crippen LogP contribution in [0, 0.1) is 0 Å². The molecule has 0 aromatic heterocycles. The summed E-state index contributed by atoms with van der Waals surface area (Å²) in [4.78, 5) is 1.20. The molecule has 0 aliphatic carbocycles. The average Bonchev–Trinajstić information content (AvgIpc) is 2.53. The fourth-order valence-corrected chi connectivity index (χ4v) is 2.90. The maximum Gasteiger partial charge on any atom is 0.122 e. The van der Waals surface area contributed by atoms with Gasteiger partial charge in [0.2, 0.25) is 0 Å². The number of hydrogen-bond donors (Lipinski definition) is 1. The van der Waals surface area contributed by atoms with Crippen LogP contribution in [0.5, 0.6) is 11.5 Å². The number of methoxy groups -OCH3 is 2. The maximum atomic E-state index is 5.95. The summed E-state index contributed by atoms with van der Waals surface area (Å²) in [6.45, 7) is 1.99. The highest BCUT2D eigenvalue weighted by molar-refractivity contribution is 7.98. The van der Waals surface area contributed by atoms with Crippen molar-refractivity contribution in [2.45, 2.75) is 23.6 Å². The Morgan fingerprint density at radius 2 is 1.76 bits per heavy atom. The summed E-state index contributed by atoms with van der Waals surface area (Å²) in [6.07, 6.45) is 0. The largest absolute Gasteiger partial charge is 0.497 e. The summed E-state index contributed by atoms with van der Waals surface area (Å²) in [5.74, 6) is 2.62. The van der Waals surface area contributed by atoms with E-state index in [2.05, 4.69) is 18.2 Å². The molecular weight excluding hydrogens is 282 g/mol. The third-order valence-corrected chi connectivity index (χ3v) is 4.34. The number of nitrogens with two attached hydrogens (primary N) is 1. The van der Waals surface area contributed by atoms with Crippen LogP contribution in [0.4, 0.5) is 0 Å². The van der Waals surface area contributed by atoms with E-state index >= 15 is 0 Å². The SMILES string of the molecule is COc1ccc(SCc2cc(C(C)N)ccc2OC)cc1. The van der Waals surface area contributed by atoms with E-state index in [1.807, 2.05) is 31.2 Å². The van der Waals surface area contributed by atoms with Gasteiger partial charge < -0.3 is 15.2 Å². The zero-order valence-corrected chi connectivity index (χ0v) is 13.4. The number of hydrogen-bond acceptors (Lipinski definition) is 4. The van der Waals surface area contributed by atoms with Crippen LogP contribution in [-0.4, -0.2) is 14.2 Å². The Morgan fingerprint density at radius 3 is 2.33 bits per heavy atom. The van der Waals surface area contributed by atoms with Crippen LogP contribution in [0.1, 0.15) is 24.1 Å². The zero-order valence-electron chi connectivity index (χ0n) is 12.6. The van der Waals surface area contributed by atoms with Gasteiger partial charge in [-0.3, -0.25) is 0 Å². The fraction of sp³-hybridized carbons (Fsp3) is 0.294. The Balaban J connectivity index is 2.12. The molecule has 0 amide bonds. The number of thioether (sulfide) groups is 1. The molecule has 0 radical (unpaired) electrons. The number of rotatable bonds is 6. The highest BCUT2D eigenvalue weighted by Gasteiger charge is 2.08. The summed E-state index contributed by atoms with van der Waals surface area (Å²) < 4.78 is 10.6. The molecule has 0 heterocycles. The van der Waals surface area contributed by atoms with Crippen LogP contribution < -0.4 is 15.2 Å². The first-order valence-electron chi connectivity index (χ1n) is 6.83. The Hall–Kier alpha value is -1.65. The van der Waals surface area contributed by atoms with Crippen LogP contribution in [0.2, 0.25) is 0 Å². The first-order valence-corrected chi connectivity index (χ1v) is 7.82. The van der Waals surface area contributed by atoms with E-state index in [0.29, 0.717) is 0 Å². The Kier molecular flexibility index (Phi) is 5.53. The van der Waals surface area contributed by atoms with Gasteiger partial charge in [0.15, 0.2) is 0 Å². The van der Waals surface area contributed by atoms with Gasteiger partial charge in [0.25, 0.3) is 0 Å². The zero-order chi connectivity index (χ0) is 15.2. The lowest BCUT2D eigenvalue weighted by Gasteiger charge is -2.12. The molecule has 0 fully saturated rings. The topological polar surface area (TPSA) is 44.5 Å². The van der Waals surface area contributed by atoms with E-state index in [0.717, 1.165) is 28.4 Å². The molecule has 0 spiro atoms. The fourth-order valence-electron chi connectivity index (χ4n) is 2.03. The molecule has 0 aliphatic heterocycles. The van der Waals surface area contributed by atoms with E-state index in [9.17, 15) is 0 Å². The highest BCUT2D eigenvalue weighted by Crippen LogP contribution is 2.30. The summed E-state index contributed by atoms with van der Waals surface area (Å²) in [7, 11) is 3.37. The van der Waals surface area contributed by atoms with Crippen molar-refractivity contribution in [3.63, 3.8) is 0 Å². The molecule has 0 saturated heterocycles. The Bertz CT molecular complexity index is 582. The van der Waals surface area contributed by atoms with E-state index in [1.54, 1.807) is 26.0 Å². The minimum atomic E-state index is 0.0284. The third kappa shape index (κ3) is 4.16. The number of ether oxygens (including phenoxy) is 2. The van der Waals surface area contributed by atoms with E-state index in [4.69, 9.17) is 15.2 Å². The van der Waals surface area contributed by atoms with Crippen LogP contribution >= 0.6 is 11.8 Å². The number of benzene rings is 2. The van der Waals surface area contributed by atoms with Gasteiger partial charge in [-0.25, -0.2) is 0 Å². The van der Waals surface area contributed by atoms with Gasteiger partial charge >= 0.3 is 0 Å². The Labute approximate surface area is 130 Å². The lowest BCUT2D eigenvalue weighted by Crippen LogP contribution is -2.05. The van der Waals surface area contributed by atoms with Gasteiger partial charge in [0.05, 0.1) is 14.2 Å². The second kappa shape index (κ2) is 7.38. The first kappa shape index (κ1) is 15.7. The van der Waals surface area contributed by atoms with E-state index in [1.165, 1.54) is 4.90 Å². The predicted octanol–water partition coefficient (Wildman–Crippen LogP) is 4.02. The van der Waals surface area contributed by atoms with Crippen LogP contribution in [0.15, 0.2) is 47.4 Å². The van der Waals surface area contributed by atoms with Crippen molar-refractivity contribution >= 4 is 11.8 Å². The van der Waals surface area contributed by atoms with Crippen LogP contribution in [-0.2, 0) is 5.75 Å². The van der Waals surface area contributed by atoms with Crippen molar-refractivity contribution in [1.82, 2.24) is 0 Å². The lowest BCUT2D eigenvalue weighted by molar-refractivity contribution is 0.411. The second-order valence-corrected chi connectivity index (χ2v) is 5.87. The monoisotopic (exact) mass is 303 g/mol. The molecule has 0 bridgehead atoms. The quantitative estimate of drug-likeness (QED) is 0.819. The molecule has 4 heteroatoms. The molecule has 3 nitrogen and oxygen atoms in total. The van der Waals surface area contributed by atoms with Crippen molar-refractivity contribution in [2.75, 3.05) is 14.2 Å². The van der Waals surface area contributed by atoms with Crippen molar-refractivity contribution in [1.29, 1.82) is 0 Å². The van der Waals surface area contributed by atoms with Gasteiger partial charge in [-0.2, -0.15) is 0 Å². The standard InChI is InChI=1S/C17H21NO2S/c1-12(18)13-4-9-17(20-3)14(10-13)11-21-16-7-5-15(19-2)6-8-16/h4-10,12H,11,18H2,1-3H3. The van der Waals surface area contributed by atoms with E-state index < -0.39 is 0 Å². The molecule has 21 heavy (non-hydrogen) atoms. The molecular formula is C17H21NO2S. The highest BCUT2D eigenvalue weighted by atomic mass is 32.2. The normalized spacial score (nSPS) is 12.0. The minimum Gasteiger partial charge on any atom is -0.497 e. The third-order valence-electron chi connectivity index (χ3n) is 3.28. The van der Waals surface area contributed by atoms with Gasteiger partial charge in [-0.1, -0.05) is 6.07 Å². The smallest absolute Gasteiger partial charge is 0.122 e. The molecule has 2 N–H and O–H groups in total. The average molecular weight is 303 g/mol. The van der Waals surface area contributed by atoms with E-state index in [-0.39, 0.29) is 6.04 Å². The minimum absolute atomic E-state index is 0.0284.